The Morgan fingerprint density at radius 1 is 1.00 bits per heavy atom. The lowest BCUT2D eigenvalue weighted by Crippen LogP contribution is -2.19. The number of anilines is 2. The minimum atomic E-state index is -0.545. The summed E-state index contributed by atoms with van der Waals surface area (Å²) in [4.78, 5) is 25.7. The number of carbonyl (C=O) groups is 1. The second-order valence-electron chi connectivity index (χ2n) is 4.87. The number of oxazole rings is 1. The van der Waals surface area contributed by atoms with E-state index in [1.54, 1.807) is 36.4 Å². The first-order valence-corrected chi connectivity index (χ1v) is 7.02. The van der Waals surface area contributed by atoms with Gasteiger partial charge in [0.05, 0.1) is 19.7 Å². The summed E-state index contributed by atoms with van der Waals surface area (Å²) in [7, 11) is 3.05. The largest absolute Gasteiger partial charge is 0.493 e. The van der Waals surface area contributed by atoms with Gasteiger partial charge < -0.3 is 24.5 Å². The van der Waals surface area contributed by atoms with Crippen LogP contribution in [0.25, 0.3) is 11.1 Å². The van der Waals surface area contributed by atoms with Gasteiger partial charge in [0.2, 0.25) is 0 Å². The fourth-order valence-electron chi connectivity index (χ4n) is 2.23. The Morgan fingerprint density at radius 3 is 2.38 bits per heavy atom. The second-order valence-corrected chi connectivity index (χ2v) is 4.87. The Bertz CT molecular complexity index is 944. The van der Waals surface area contributed by atoms with Gasteiger partial charge in [-0.1, -0.05) is 0 Å². The zero-order valence-corrected chi connectivity index (χ0v) is 13.0. The number of aromatic nitrogens is 1. The number of nitrogens with one attached hydrogen (secondary N) is 3. The van der Waals surface area contributed by atoms with E-state index in [1.807, 2.05) is 0 Å². The van der Waals surface area contributed by atoms with Crippen LogP contribution in [0.2, 0.25) is 0 Å². The molecule has 0 saturated carbocycles. The lowest BCUT2D eigenvalue weighted by molar-refractivity contribution is 0.262. The van der Waals surface area contributed by atoms with Gasteiger partial charge in [0, 0.05) is 23.5 Å². The molecule has 0 radical (unpaired) electrons. The standard InChI is InChI=1S/C16H15N3O5/c1-22-12-6-4-10(8-14(12)23-2)18-15(20)17-9-3-5-11-13(7-9)24-16(21)19-11/h3-8H,1-2H3,(H,19,21)(H2,17,18,20). The maximum absolute atomic E-state index is 12.1. The number of methoxy groups -OCH3 is 2. The third-order valence-electron chi connectivity index (χ3n) is 3.32. The van der Waals surface area contributed by atoms with E-state index in [4.69, 9.17) is 13.9 Å². The van der Waals surface area contributed by atoms with E-state index in [0.717, 1.165) is 0 Å². The third kappa shape index (κ3) is 3.17. The molecule has 0 unspecified atom stereocenters. The number of H-pyrrole nitrogens is 1. The van der Waals surface area contributed by atoms with Crippen molar-refractivity contribution in [2.45, 2.75) is 0 Å². The monoisotopic (exact) mass is 329 g/mol. The quantitative estimate of drug-likeness (QED) is 0.682. The molecule has 1 heterocycles. The normalized spacial score (nSPS) is 10.4. The van der Waals surface area contributed by atoms with Crippen LogP contribution in [0.4, 0.5) is 16.2 Å². The number of hydrogen-bond donors (Lipinski definition) is 3. The molecule has 24 heavy (non-hydrogen) atoms. The molecule has 0 spiro atoms. The van der Waals surface area contributed by atoms with Crippen molar-refractivity contribution in [2.75, 3.05) is 24.9 Å². The Labute approximate surface area is 136 Å². The maximum atomic E-state index is 12.1. The first-order chi connectivity index (χ1) is 11.6. The molecule has 8 nitrogen and oxygen atoms in total. The molecule has 3 aromatic rings. The molecule has 0 atom stereocenters. The van der Waals surface area contributed by atoms with E-state index >= 15 is 0 Å². The predicted molar refractivity (Wildman–Crippen MR) is 89.0 cm³/mol. The van der Waals surface area contributed by atoms with E-state index in [1.165, 1.54) is 14.2 Å². The van der Waals surface area contributed by atoms with Crippen molar-refractivity contribution in [3.8, 4) is 11.5 Å². The molecule has 124 valence electrons. The van der Waals surface area contributed by atoms with Gasteiger partial charge in [-0.25, -0.2) is 9.59 Å². The fourth-order valence-corrected chi connectivity index (χ4v) is 2.23. The number of benzene rings is 2. The molecule has 0 bridgehead atoms. The summed E-state index contributed by atoms with van der Waals surface area (Å²) < 4.78 is 15.3. The third-order valence-corrected chi connectivity index (χ3v) is 3.32. The highest BCUT2D eigenvalue weighted by Gasteiger charge is 2.09. The van der Waals surface area contributed by atoms with Crippen molar-refractivity contribution in [1.29, 1.82) is 0 Å². The average molecular weight is 329 g/mol. The molecular weight excluding hydrogens is 314 g/mol. The van der Waals surface area contributed by atoms with Gasteiger partial charge in [0.15, 0.2) is 17.1 Å². The molecule has 0 saturated heterocycles. The molecule has 3 N–H and O–H groups in total. The number of urea groups is 1. The number of amides is 2. The highest BCUT2D eigenvalue weighted by Crippen LogP contribution is 2.29. The van der Waals surface area contributed by atoms with E-state index < -0.39 is 11.8 Å². The summed E-state index contributed by atoms with van der Waals surface area (Å²) >= 11 is 0. The van der Waals surface area contributed by atoms with Crippen LogP contribution >= 0.6 is 0 Å². The van der Waals surface area contributed by atoms with Crippen molar-refractivity contribution < 1.29 is 18.7 Å². The highest BCUT2D eigenvalue weighted by atomic mass is 16.5. The van der Waals surface area contributed by atoms with Gasteiger partial charge in [-0.2, -0.15) is 0 Å². The predicted octanol–water partition coefficient (Wildman–Crippen LogP) is 2.78. The van der Waals surface area contributed by atoms with Gasteiger partial charge in [-0.15, -0.1) is 0 Å². The first-order valence-electron chi connectivity index (χ1n) is 7.02. The molecule has 0 aliphatic heterocycles. The molecule has 0 aliphatic rings. The zero-order valence-electron chi connectivity index (χ0n) is 13.0. The summed E-state index contributed by atoms with van der Waals surface area (Å²) in [6, 6.07) is 9.44. The Morgan fingerprint density at radius 2 is 1.67 bits per heavy atom. The van der Waals surface area contributed by atoms with Crippen molar-refractivity contribution in [3.05, 3.63) is 46.9 Å². The number of ether oxygens (including phenoxy) is 2. The van der Waals surface area contributed by atoms with Crippen LogP contribution in [0.5, 0.6) is 11.5 Å². The number of hydrogen-bond acceptors (Lipinski definition) is 5. The van der Waals surface area contributed by atoms with Crippen LogP contribution in [-0.4, -0.2) is 25.2 Å². The Balaban J connectivity index is 1.73. The first kappa shape index (κ1) is 15.5. The van der Waals surface area contributed by atoms with Gasteiger partial charge in [0.1, 0.15) is 0 Å². The van der Waals surface area contributed by atoms with E-state index in [2.05, 4.69) is 15.6 Å². The van der Waals surface area contributed by atoms with E-state index in [-0.39, 0.29) is 0 Å². The van der Waals surface area contributed by atoms with Crippen molar-refractivity contribution >= 4 is 28.5 Å². The van der Waals surface area contributed by atoms with E-state index in [0.29, 0.717) is 34.0 Å². The number of carbonyl (C=O) groups excluding carboxylic acids is 1. The molecule has 0 aliphatic carbocycles. The molecule has 1 aromatic heterocycles. The van der Waals surface area contributed by atoms with Gasteiger partial charge in [0.25, 0.3) is 0 Å². The van der Waals surface area contributed by atoms with Crippen LogP contribution in [0.15, 0.2) is 45.6 Å². The summed E-state index contributed by atoms with van der Waals surface area (Å²) in [6.07, 6.45) is 0. The lowest BCUT2D eigenvalue weighted by atomic mass is 10.2. The second kappa shape index (κ2) is 6.37. The average Bonchev–Trinajstić information content (AvgIpc) is 2.93. The minimum absolute atomic E-state index is 0.365. The summed E-state index contributed by atoms with van der Waals surface area (Å²) in [5.74, 6) is 0.527. The molecule has 8 heteroatoms. The van der Waals surface area contributed by atoms with Crippen LogP contribution in [0.3, 0.4) is 0 Å². The fraction of sp³-hybridized carbons (Fsp3) is 0.125. The van der Waals surface area contributed by atoms with Crippen LogP contribution < -0.4 is 25.9 Å². The Kier molecular flexibility index (Phi) is 4.11. The maximum Gasteiger partial charge on any atom is 0.417 e. The van der Waals surface area contributed by atoms with Crippen molar-refractivity contribution in [2.24, 2.45) is 0 Å². The summed E-state index contributed by atoms with van der Waals surface area (Å²) in [5, 5.41) is 5.34. The molecule has 0 fully saturated rings. The van der Waals surface area contributed by atoms with E-state index in [9.17, 15) is 9.59 Å². The number of aromatic amines is 1. The molecule has 3 rings (SSSR count). The number of rotatable bonds is 4. The lowest BCUT2D eigenvalue weighted by Gasteiger charge is -2.11. The number of fused-ring (bicyclic) bond motifs is 1. The van der Waals surface area contributed by atoms with Gasteiger partial charge in [-0.05, 0) is 24.3 Å². The highest BCUT2D eigenvalue weighted by molar-refractivity contribution is 6.00. The SMILES string of the molecule is COc1ccc(NC(=O)Nc2ccc3[nH]c(=O)oc3c2)cc1OC. The van der Waals surface area contributed by atoms with Crippen LogP contribution in [0, 0.1) is 0 Å². The zero-order chi connectivity index (χ0) is 17.1. The van der Waals surface area contributed by atoms with Gasteiger partial charge in [-0.3, -0.25) is 4.98 Å². The molecule has 2 amide bonds. The summed E-state index contributed by atoms with van der Waals surface area (Å²) in [5.41, 5.74) is 1.96. The Hall–Kier alpha value is -3.42. The van der Waals surface area contributed by atoms with Crippen LogP contribution in [-0.2, 0) is 0 Å². The van der Waals surface area contributed by atoms with Crippen molar-refractivity contribution in [3.63, 3.8) is 0 Å². The smallest absolute Gasteiger partial charge is 0.417 e. The summed E-state index contributed by atoms with van der Waals surface area (Å²) in [6.45, 7) is 0. The minimum Gasteiger partial charge on any atom is -0.493 e. The van der Waals surface area contributed by atoms with Crippen molar-refractivity contribution in [1.82, 2.24) is 4.98 Å². The molecular formula is C16H15N3O5. The topological polar surface area (TPSA) is 106 Å². The van der Waals surface area contributed by atoms with Gasteiger partial charge >= 0.3 is 11.8 Å². The van der Waals surface area contributed by atoms with Crippen LogP contribution in [0.1, 0.15) is 0 Å². The molecule has 2 aromatic carbocycles.